The minimum atomic E-state index is 1.10. The zero-order valence-corrected chi connectivity index (χ0v) is 16.2. The van der Waals surface area contributed by atoms with Crippen LogP contribution in [0.4, 0.5) is 0 Å². The van der Waals surface area contributed by atoms with Gasteiger partial charge in [0, 0.05) is 48.7 Å². The van der Waals surface area contributed by atoms with E-state index >= 15 is 0 Å². The summed E-state index contributed by atoms with van der Waals surface area (Å²) >= 11 is 0. The minimum Gasteiger partial charge on any atom is -0.317 e. The molecule has 4 rings (SSSR count). The summed E-state index contributed by atoms with van der Waals surface area (Å²) < 4.78 is 2.51. The van der Waals surface area contributed by atoms with Crippen LogP contribution >= 0.6 is 0 Å². The van der Waals surface area contributed by atoms with Crippen LogP contribution in [0.15, 0.2) is 42.7 Å². The molecule has 1 aliphatic heterocycles. The Bertz CT molecular complexity index is 980. The maximum absolute atomic E-state index is 4.17. The molecule has 2 aromatic heterocycles. The van der Waals surface area contributed by atoms with E-state index in [0.717, 1.165) is 25.9 Å². The van der Waals surface area contributed by atoms with Gasteiger partial charge in [0.2, 0.25) is 0 Å². The average Bonchev–Trinajstić information content (AvgIpc) is 2.83. The lowest BCUT2D eigenvalue weighted by Gasteiger charge is -2.16. The molecule has 3 aromatic rings. The molecule has 1 aliphatic rings. The Morgan fingerprint density at radius 1 is 1.00 bits per heavy atom. The van der Waals surface area contributed by atoms with Gasteiger partial charge in [-0.2, -0.15) is 0 Å². The standard InChI is InChI=1S/C23H27N3/c1-16-5-6-22-21(15-16)20-9-13-25(4)14-10-23(20)26(22)18(3)17(2)19-7-11-24-12-8-19/h5-8,11-12,15H,9-10,13-14H2,1-4H3. The molecule has 0 fully saturated rings. The Morgan fingerprint density at radius 2 is 1.73 bits per heavy atom. The lowest BCUT2D eigenvalue weighted by atomic mass is 10.1. The van der Waals surface area contributed by atoms with E-state index in [-0.39, 0.29) is 0 Å². The molecule has 0 aliphatic carbocycles. The lowest BCUT2D eigenvalue weighted by Crippen LogP contribution is -2.21. The Balaban J connectivity index is 1.98. The molecule has 3 heteroatoms. The first-order chi connectivity index (χ1) is 12.6. The van der Waals surface area contributed by atoms with Gasteiger partial charge in [-0.3, -0.25) is 4.98 Å². The van der Waals surface area contributed by atoms with Crippen LogP contribution in [0.5, 0.6) is 0 Å². The van der Waals surface area contributed by atoms with Crippen LogP contribution in [0.25, 0.3) is 22.2 Å². The van der Waals surface area contributed by atoms with Crippen molar-refractivity contribution in [1.29, 1.82) is 0 Å². The third kappa shape index (κ3) is 2.86. The van der Waals surface area contributed by atoms with Crippen LogP contribution in [0, 0.1) is 6.92 Å². The molecule has 0 saturated carbocycles. The quantitative estimate of drug-likeness (QED) is 0.666. The van der Waals surface area contributed by atoms with E-state index in [1.165, 1.54) is 44.6 Å². The number of pyridine rings is 1. The van der Waals surface area contributed by atoms with Crippen molar-refractivity contribution < 1.29 is 0 Å². The maximum Gasteiger partial charge on any atom is 0.0531 e. The Kier molecular flexibility index (Phi) is 4.41. The summed E-state index contributed by atoms with van der Waals surface area (Å²) in [6, 6.07) is 11.1. The highest BCUT2D eigenvalue weighted by Gasteiger charge is 2.22. The van der Waals surface area contributed by atoms with Crippen LogP contribution in [0.1, 0.15) is 36.2 Å². The highest BCUT2D eigenvalue weighted by atomic mass is 15.1. The predicted molar refractivity (Wildman–Crippen MR) is 110 cm³/mol. The zero-order chi connectivity index (χ0) is 18.3. The fourth-order valence-electron chi connectivity index (χ4n) is 4.14. The molecule has 1 aromatic carbocycles. The van der Waals surface area contributed by atoms with Gasteiger partial charge in [-0.25, -0.2) is 0 Å². The molecule has 0 atom stereocenters. The van der Waals surface area contributed by atoms with Gasteiger partial charge in [-0.15, -0.1) is 0 Å². The zero-order valence-electron chi connectivity index (χ0n) is 16.2. The first kappa shape index (κ1) is 17.0. The van der Waals surface area contributed by atoms with Gasteiger partial charge < -0.3 is 9.47 Å². The smallest absolute Gasteiger partial charge is 0.0531 e. The highest BCUT2D eigenvalue weighted by Crippen LogP contribution is 2.34. The number of likely N-dealkylation sites (N-methyl/N-ethyl adjacent to an activating group) is 1. The number of allylic oxidation sites excluding steroid dienone is 2. The van der Waals surface area contributed by atoms with E-state index in [0.29, 0.717) is 0 Å². The van der Waals surface area contributed by atoms with E-state index in [2.05, 4.69) is 72.6 Å². The molecule has 0 radical (unpaired) electrons. The largest absolute Gasteiger partial charge is 0.317 e. The summed E-state index contributed by atoms with van der Waals surface area (Å²) in [4.78, 5) is 6.61. The Hall–Kier alpha value is -2.39. The predicted octanol–water partition coefficient (Wildman–Crippen LogP) is 4.78. The molecule has 3 heterocycles. The number of rotatable bonds is 2. The summed E-state index contributed by atoms with van der Waals surface area (Å²) in [6.07, 6.45) is 5.97. The molecular weight excluding hydrogens is 318 g/mol. The second kappa shape index (κ2) is 6.73. The SMILES string of the molecule is CC(=C(C)n1c2c(c3cc(C)ccc31)CCN(C)CC2)c1ccncc1. The molecule has 0 saturated heterocycles. The van der Waals surface area contributed by atoms with Crippen LogP contribution in [-0.4, -0.2) is 34.6 Å². The summed E-state index contributed by atoms with van der Waals surface area (Å²) in [6.45, 7) is 8.91. The normalized spacial score (nSPS) is 16.3. The fourth-order valence-corrected chi connectivity index (χ4v) is 4.14. The minimum absolute atomic E-state index is 1.10. The molecule has 0 amide bonds. The number of nitrogens with zero attached hydrogens (tertiary/aromatic N) is 3. The molecule has 3 nitrogen and oxygen atoms in total. The van der Waals surface area contributed by atoms with Gasteiger partial charge in [0.15, 0.2) is 0 Å². The van der Waals surface area contributed by atoms with Gasteiger partial charge in [0.25, 0.3) is 0 Å². The van der Waals surface area contributed by atoms with E-state index < -0.39 is 0 Å². The summed E-state index contributed by atoms with van der Waals surface area (Å²) in [5.74, 6) is 0. The molecule has 0 bridgehead atoms. The van der Waals surface area contributed by atoms with Crippen molar-refractivity contribution >= 4 is 22.2 Å². The molecule has 0 spiro atoms. The van der Waals surface area contributed by atoms with Gasteiger partial charge in [0.05, 0.1) is 5.52 Å². The Morgan fingerprint density at radius 3 is 2.50 bits per heavy atom. The molecule has 26 heavy (non-hydrogen) atoms. The molecular formula is C23H27N3. The van der Waals surface area contributed by atoms with E-state index in [1.807, 2.05) is 12.4 Å². The second-order valence-corrected chi connectivity index (χ2v) is 7.53. The molecule has 0 unspecified atom stereocenters. The Labute approximate surface area is 156 Å². The van der Waals surface area contributed by atoms with Crippen molar-refractivity contribution in [3.05, 3.63) is 65.1 Å². The summed E-state index contributed by atoms with van der Waals surface area (Å²) in [7, 11) is 2.23. The van der Waals surface area contributed by atoms with Crippen molar-refractivity contribution in [2.75, 3.05) is 20.1 Å². The third-order valence-corrected chi connectivity index (χ3v) is 5.80. The van der Waals surface area contributed by atoms with E-state index in [4.69, 9.17) is 0 Å². The third-order valence-electron chi connectivity index (χ3n) is 5.80. The topological polar surface area (TPSA) is 21.1 Å². The molecule has 0 N–H and O–H groups in total. The van der Waals surface area contributed by atoms with E-state index in [1.54, 1.807) is 0 Å². The van der Waals surface area contributed by atoms with Crippen molar-refractivity contribution in [2.45, 2.75) is 33.6 Å². The van der Waals surface area contributed by atoms with Crippen LogP contribution in [0.3, 0.4) is 0 Å². The lowest BCUT2D eigenvalue weighted by molar-refractivity contribution is 0.351. The number of hydrogen-bond acceptors (Lipinski definition) is 2. The van der Waals surface area contributed by atoms with Crippen molar-refractivity contribution in [2.24, 2.45) is 0 Å². The fraction of sp³-hybridized carbons (Fsp3) is 0.348. The number of hydrogen-bond donors (Lipinski definition) is 0. The van der Waals surface area contributed by atoms with Gasteiger partial charge in [0.1, 0.15) is 0 Å². The van der Waals surface area contributed by atoms with Crippen LogP contribution in [-0.2, 0) is 12.8 Å². The molecule has 134 valence electrons. The number of aromatic nitrogens is 2. The second-order valence-electron chi connectivity index (χ2n) is 7.53. The first-order valence-corrected chi connectivity index (χ1v) is 9.46. The van der Waals surface area contributed by atoms with Gasteiger partial charge in [-0.1, -0.05) is 11.6 Å². The van der Waals surface area contributed by atoms with Gasteiger partial charge >= 0.3 is 0 Å². The van der Waals surface area contributed by atoms with Crippen LogP contribution < -0.4 is 0 Å². The number of benzene rings is 1. The number of fused-ring (bicyclic) bond motifs is 3. The van der Waals surface area contributed by atoms with Crippen molar-refractivity contribution in [1.82, 2.24) is 14.5 Å². The van der Waals surface area contributed by atoms with E-state index in [9.17, 15) is 0 Å². The maximum atomic E-state index is 4.17. The first-order valence-electron chi connectivity index (χ1n) is 9.46. The monoisotopic (exact) mass is 345 g/mol. The summed E-state index contributed by atoms with van der Waals surface area (Å²) in [5, 5.41) is 1.43. The van der Waals surface area contributed by atoms with Gasteiger partial charge in [-0.05, 0) is 75.2 Å². The van der Waals surface area contributed by atoms with Crippen molar-refractivity contribution in [3.63, 3.8) is 0 Å². The van der Waals surface area contributed by atoms with Crippen LogP contribution in [0.2, 0.25) is 0 Å². The summed E-state index contributed by atoms with van der Waals surface area (Å²) in [5.41, 5.74) is 9.57. The highest BCUT2D eigenvalue weighted by molar-refractivity contribution is 5.93. The average molecular weight is 345 g/mol. The number of aryl methyl sites for hydroxylation is 1. The van der Waals surface area contributed by atoms with Crippen molar-refractivity contribution in [3.8, 4) is 0 Å².